The van der Waals surface area contributed by atoms with Crippen LogP contribution in [0.5, 0.6) is 0 Å². The minimum Gasteiger partial charge on any atom is -0.325 e. The molecule has 1 amide bonds. The minimum atomic E-state index is -0.572. The van der Waals surface area contributed by atoms with Gasteiger partial charge in [0.05, 0.1) is 5.41 Å². The fourth-order valence-corrected chi connectivity index (χ4v) is 2.46. The lowest BCUT2D eigenvalue weighted by Crippen LogP contribution is -2.32. The van der Waals surface area contributed by atoms with Gasteiger partial charge in [0, 0.05) is 5.69 Å². The van der Waals surface area contributed by atoms with Crippen LogP contribution in [0.4, 0.5) is 5.69 Å². The Morgan fingerprint density at radius 3 is 2.35 bits per heavy atom. The smallest absolute Gasteiger partial charge is 0.239 e. The highest BCUT2D eigenvalue weighted by Gasteiger charge is 2.43. The number of nitrogens with one attached hydrogen (secondary N) is 1. The van der Waals surface area contributed by atoms with Crippen molar-refractivity contribution < 1.29 is 4.79 Å². The molecular weight excluding hydrogens is 210 g/mol. The van der Waals surface area contributed by atoms with Gasteiger partial charge in [0.2, 0.25) is 5.91 Å². The van der Waals surface area contributed by atoms with E-state index in [-0.39, 0.29) is 5.91 Å². The Balaban J connectivity index is 2.24. The van der Waals surface area contributed by atoms with Crippen molar-refractivity contribution in [3.05, 3.63) is 65.7 Å². The van der Waals surface area contributed by atoms with Crippen molar-refractivity contribution in [1.29, 1.82) is 0 Å². The molecule has 2 aromatic rings. The lowest BCUT2D eigenvalue weighted by Gasteiger charge is -2.22. The second-order valence-electron chi connectivity index (χ2n) is 4.49. The van der Waals surface area contributed by atoms with Gasteiger partial charge in [0.1, 0.15) is 0 Å². The Bertz CT molecular complexity index is 576. The molecule has 0 saturated carbocycles. The van der Waals surface area contributed by atoms with Crippen LogP contribution in [0, 0.1) is 0 Å². The molecule has 84 valence electrons. The summed E-state index contributed by atoms with van der Waals surface area (Å²) in [7, 11) is 0. The summed E-state index contributed by atoms with van der Waals surface area (Å²) in [6.07, 6.45) is 0. The summed E-state index contributed by atoms with van der Waals surface area (Å²) in [6, 6.07) is 17.8. The van der Waals surface area contributed by atoms with E-state index in [0.29, 0.717) is 0 Å². The molecule has 2 nitrogen and oxygen atoms in total. The normalized spacial score (nSPS) is 22.1. The maximum absolute atomic E-state index is 12.2. The number of hydrogen-bond donors (Lipinski definition) is 1. The standard InChI is InChI=1S/C15H13NO/c1-15(11-7-3-2-4-8-11)12-9-5-6-10-13(12)16-14(15)17/h2-10H,1H3,(H,16,17)/t15-/m0/s1. The molecule has 0 fully saturated rings. The topological polar surface area (TPSA) is 29.1 Å². The van der Waals surface area contributed by atoms with Crippen LogP contribution in [0.1, 0.15) is 18.1 Å². The monoisotopic (exact) mass is 223 g/mol. The Labute approximate surface area is 100 Å². The number of fused-ring (bicyclic) bond motifs is 1. The molecule has 0 aliphatic carbocycles. The third kappa shape index (κ3) is 1.30. The van der Waals surface area contributed by atoms with Crippen LogP contribution in [0.25, 0.3) is 0 Å². The molecule has 2 aromatic carbocycles. The van der Waals surface area contributed by atoms with Gasteiger partial charge in [0.15, 0.2) is 0 Å². The second kappa shape index (κ2) is 3.45. The van der Waals surface area contributed by atoms with Crippen LogP contribution >= 0.6 is 0 Å². The first-order valence-electron chi connectivity index (χ1n) is 5.69. The predicted octanol–water partition coefficient (Wildman–Crippen LogP) is 2.94. The Morgan fingerprint density at radius 2 is 1.59 bits per heavy atom. The zero-order valence-electron chi connectivity index (χ0n) is 9.60. The maximum atomic E-state index is 12.2. The van der Waals surface area contributed by atoms with Gasteiger partial charge >= 0.3 is 0 Å². The third-order valence-electron chi connectivity index (χ3n) is 3.52. The van der Waals surface area contributed by atoms with E-state index in [2.05, 4.69) is 5.32 Å². The van der Waals surface area contributed by atoms with E-state index in [1.54, 1.807) is 0 Å². The van der Waals surface area contributed by atoms with Crippen molar-refractivity contribution in [1.82, 2.24) is 0 Å². The third-order valence-corrected chi connectivity index (χ3v) is 3.52. The van der Waals surface area contributed by atoms with E-state index in [0.717, 1.165) is 16.8 Å². The Hall–Kier alpha value is -2.09. The SMILES string of the molecule is C[C@@]1(c2ccccc2)C(=O)Nc2ccccc21. The molecule has 3 rings (SSSR count). The highest BCUT2D eigenvalue weighted by atomic mass is 16.2. The van der Waals surface area contributed by atoms with Crippen molar-refractivity contribution in [2.24, 2.45) is 0 Å². The quantitative estimate of drug-likeness (QED) is 0.791. The van der Waals surface area contributed by atoms with Gasteiger partial charge in [-0.1, -0.05) is 48.5 Å². The molecule has 0 saturated heterocycles. The van der Waals surface area contributed by atoms with E-state index in [9.17, 15) is 4.79 Å². The fourth-order valence-electron chi connectivity index (χ4n) is 2.46. The maximum Gasteiger partial charge on any atom is 0.239 e. The molecule has 0 radical (unpaired) electrons. The zero-order valence-corrected chi connectivity index (χ0v) is 9.60. The number of carbonyl (C=O) groups excluding carboxylic acids is 1. The summed E-state index contributed by atoms with van der Waals surface area (Å²) in [5, 5.41) is 2.95. The molecule has 0 bridgehead atoms. The average molecular weight is 223 g/mol. The summed E-state index contributed by atoms with van der Waals surface area (Å²) < 4.78 is 0. The Morgan fingerprint density at radius 1 is 0.941 bits per heavy atom. The van der Waals surface area contributed by atoms with Gasteiger partial charge in [-0.15, -0.1) is 0 Å². The molecule has 17 heavy (non-hydrogen) atoms. The van der Waals surface area contributed by atoms with Crippen LogP contribution in [-0.2, 0) is 10.2 Å². The average Bonchev–Trinajstić information content (AvgIpc) is 2.64. The van der Waals surface area contributed by atoms with E-state index >= 15 is 0 Å². The molecule has 0 spiro atoms. The molecule has 1 heterocycles. The lowest BCUT2D eigenvalue weighted by molar-refractivity contribution is -0.119. The van der Waals surface area contributed by atoms with Crippen LogP contribution in [0.3, 0.4) is 0 Å². The van der Waals surface area contributed by atoms with Gasteiger partial charge in [-0.2, -0.15) is 0 Å². The van der Waals surface area contributed by atoms with Crippen LogP contribution in [0.15, 0.2) is 54.6 Å². The van der Waals surface area contributed by atoms with Gasteiger partial charge in [-0.25, -0.2) is 0 Å². The van der Waals surface area contributed by atoms with E-state index in [4.69, 9.17) is 0 Å². The number of para-hydroxylation sites is 1. The molecule has 0 aromatic heterocycles. The highest BCUT2D eigenvalue weighted by Crippen LogP contribution is 2.42. The van der Waals surface area contributed by atoms with Crippen molar-refractivity contribution in [3.8, 4) is 0 Å². The molecule has 1 N–H and O–H groups in total. The zero-order chi connectivity index (χ0) is 11.9. The number of carbonyl (C=O) groups is 1. The summed E-state index contributed by atoms with van der Waals surface area (Å²) in [6.45, 7) is 1.98. The van der Waals surface area contributed by atoms with Gasteiger partial charge in [0.25, 0.3) is 0 Å². The molecule has 2 heteroatoms. The minimum absolute atomic E-state index is 0.0462. The van der Waals surface area contributed by atoms with Crippen molar-refractivity contribution in [3.63, 3.8) is 0 Å². The van der Waals surface area contributed by atoms with Gasteiger partial charge < -0.3 is 5.32 Å². The molecule has 1 aliphatic rings. The molecular formula is C15H13NO. The number of benzene rings is 2. The molecule has 1 aliphatic heterocycles. The first-order valence-corrected chi connectivity index (χ1v) is 5.69. The number of rotatable bonds is 1. The van der Waals surface area contributed by atoms with Crippen molar-refractivity contribution >= 4 is 11.6 Å². The molecule has 1 atom stereocenters. The van der Waals surface area contributed by atoms with E-state index < -0.39 is 5.41 Å². The summed E-state index contributed by atoms with van der Waals surface area (Å²) in [5.41, 5.74) is 2.43. The number of hydrogen-bond acceptors (Lipinski definition) is 1. The first kappa shape index (κ1) is 10.1. The fraction of sp³-hybridized carbons (Fsp3) is 0.133. The number of amides is 1. The Kier molecular flexibility index (Phi) is 2.05. The van der Waals surface area contributed by atoms with Crippen LogP contribution < -0.4 is 5.32 Å². The largest absolute Gasteiger partial charge is 0.325 e. The second-order valence-corrected chi connectivity index (χ2v) is 4.49. The summed E-state index contributed by atoms with van der Waals surface area (Å²) >= 11 is 0. The summed E-state index contributed by atoms with van der Waals surface area (Å²) in [5.74, 6) is 0.0462. The first-order chi connectivity index (χ1) is 8.23. The van der Waals surface area contributed by atoms with Crippen LogP contribution in [-0.4, -0.2) is 5.91 Å². The van der Waals surface area contributed by atoms with Crippen molar-refractivity contribution in [2.45, 2.75) is 12.3 Å². The lowest BCUT2D eigenvalue weighted by atomic mass is 9.77. The highest BCUT2D eigenvalue weighted by molar-refractivity contribution is 6.08. The number of anilines is 1. The van der Waals surface area contributed by atoms with E-state index in [1.165, 1.54) is 0 Å². The van der Waals surface area contributed by atoms with Gasteiger partial charge in [-0.05, 0) is 24.1 Å². The van der Waals surface area contributed by atoms with Crippen molar-refractivity contribution in [2.75, 3.05) is 5.32 Å². The van der Waals surface area contributed by atoms with E-state index in [1.807, 2.05) is 61.5 Å². The van der Waals surface area contributed by atoms with Gasteiger partial charge in [-0.3, -0.25) is 4.79 Å². The predicted molar refractivity (Wildman–Crippen MR) is 68.0 cm³/mol. The molecule has 0 unspecified atom stereocenters. The summed E-state index contributed by atoms with van der Waals surface area (Å²) in [4.78, 5) is 12.2. The van der Waals surface area contributed by atoms with Crippen LogP contribution in [0.2, 0.25) is 0 Å².